The van der Waals surface area contributed by atoms with Crippen LogP contribution in [0.1, 0.15) is 53.9 Å². The highest BCUT2D eigenvalue weighted by atomic mass is 28.4. The Morgan fingerprint density at radius 3 is 2.52 bits per heavy atom. The Labute approximate surface area is 131 Å². The molecular formula is C18H31NOSi. The second kappa shape index (κ2) is 5.24. The zero-order chi connectivity index (χ0) is 16.1. The lowest BCUT2D eigenvalue weighted by molar-refractivity contribution is 0.102. The van der Waals surface area contributed by atoms with Gasteiger partial charge in [0.1, 0.15) is 0 Å². The van der Waals surface area contributed by atoms with Crippen molar-refractivity contribution in [2.24, 2.45) is 17.3 Å². The SMILES string of the molecule is CC1=CCC[C@@]2(C)[C@H](C#N)C[C@@H](O[Si](C)(C)C(C)(C)C)[C@@H]12. The fourth-order valence-corrected chi connectivity index (χ4v) is 5.37. The molecule has 0 radical (unpaired) electrons. The lowest BCUT2D eigenvalue weighted by Crippen LogP contribution is -2.46. The topological polar surface area (TPSA) is 33.0 Å². The van der Waals surface area contributed by atoms with Gasteiger partial charge in [0.2, 0.25) is 0 Å². The standard InChI is InChI=1S/C18H31NOSi/c1-13-9-8-10-18(5)14(12-19)11-15(16(13)18)20-21(6,7)17(2,3)4/h9,14-16H,8,10-11H2,1-7H3/t14-,15+,16+,18-/m0/s1. The predicted molar refractivity (Wildman–Crippen MR) is 90.4 cm³/mol. The minimum absolute atomic E-state index is 0.112. The van der Waals surface area contributed by atoms with E-state index < -0.39 is 8.32 Å². The van der Waals surface area contributed by atoms with Crippen molar-refractivity contribution in [1.29, 1.82) is 5.26 Å². The molecule has 0 aromatic rings. The third kappa shape index (κ3) is 2.73. The van der Waals surface area contributed by atoms with Crippen molar-refractivity contribution in [2.75, 3.05) is 0 Å². The van der Waals surface area contributed by atoms with Gasteiger partial charge in [-0.15, -0.1) is 0 Å². The first kappa shape index (κ1) is 16.8. The van der Waals surface area contributed by atoms with Crippen molar-refractivity contribution in [1.82, 2.24) is 0 Å². The van der Waals surface area contributed by atoms with Crippen LogP contribution in [0.25, 0.3) is 0 Å². The Bertz CT molecular complexity index is 482. The van der Waals surface area contributed by atoms with Crippen LogP contribution in [0.4, 0.5) is 0 Å². The first-order chi connectivity index (χ1) is 9.53. The average molecular weight is 306 g/mol. The van der Waals surface area contributed by atoms with Crippen LogP contribution in [0, 0.1) is 28.6 Å². The number of nitriles is 1. The Morgan fingerprint density at radius 2 is 2.00 bits per heavy atom. The van der Waals surface area contributed by atoms with Gasteiger partial charge in [-0.05, 0) is 49.7 Å². The maximum Gasteiger partial charge on any atom is 0.192 e. The molecule has 2 aliphatic rings. The molecule has 0 unspecified atom stereocenters. The highest BCUT2D eigenvalue weighted by Crippen LogP contribution is 2.57. The quantitative estimate of drug-likeness (QED) is 0.513. The van der Waals surface area contributed by atoms with Crippen LogP contribution in [-0.4, -0.2) is 14.4 Å². The first-order valence-electron chi connectivity index (χ1n) is 8.27. The molecule has 2 aliphatic carbocycles. The fraction of sp³-hybridized carbons (Fsp3) is 0.833. The summed E-state index contributed by atoms with van der Waals surface area (Å²) in [6.45, 7) is 16.1. The van der Waals surface area contributed by atoms with Gasteiger partial charge in [-0.3, -0.25) is 0 Å². The van der Waals surface area contributed by atoms with E-state index in [0.717, 1.165) is 19.3 Å². The Kier molecular flexibility index (Phi) is 4.19. The Hall–Kier alpha value is -0.593. The van der Waals surface area contributed by atoms with E-state index in [9.17, 15) is 5.26 Å². The number of hydrogen-bond donors (Lipinski definition) is 0. The maximum absolute atomic E-state index is 9.62. The van der Waals surface area contributed by atoms with Crippen molar-refractivity contribution < 1.29 is 4.43 Å². The molecule has 118 valence electrons. The summed E-state index contributed by atoms with van der Waals surface area (Å²) in [7, 11) is -1.79. The predicted octanol–water partition coefficient (Wildman–Crippen LogP) is 5.28. The number of nitrogens with zero attached hydrogens (tertiary/aromatic N) is 1. The van der Waals surface area contributed by atoms with Crippen LogP contribution in [0.2, 0.25) is 18.1 Å². The van der Waals surface area contributed by atoms with Gasteiger partial charge < -0.3 is 4.43 Å². The van der Waals surface area contributed by atoms with E-state index >= 15 is 0 Å². The van der Waals surface area contributed by atoms with Gasteiger partial charge >= 0.3 is 0 Å². The summed E-state index contributed by atoms with van der Waals surface area (Å²) in [6.07, 6.45) is 5.76. The van der Waals surface area contributed by atoms with E-state index in [1.165, 1.54) is 5.57 Å². The van der Waals surface area contributed by atoms with E-state index in [4.69, 9.17) is 4.43 Å². The molecule has 4 atom stereocenters. The summed E-state index contributed by atoms with van der Waals surface area (Å²) in [4.78, 5) is 0. The average Bonchev–Trinajstić information content (AvgIpc) is 2.60. The monoisotopic (exact) mass is 305 g/mol. The van der Waals surface area contributed by atoms with Crippen molar-refractivity contribution in [3.63, 3.8) is 0 Å². The minimum atomic E-state index is -1.79. The van der Waals surface area contributed by atoms with Crippen molar-refractivity contribution >= 4 is 8.32 Å². The minimum Gasteiger partial charge on any atom is -0.413 e. The summed E-state index contributed by atoms with van der Waals surface area (Å²) in [5.74, 6) is 0.575. The van der Waals surface area contributed by atoms with Crippen LogP contribution in [0.3, 0.4) is 0 Å². The van der Waals surface area contributed by atoms with Crippen LogP contribution in [0.5, 0.6) is 0 Å². The number of allylic oxidation sites excluding steroid dienone is 1. The zero-order valence-electron chi connectivity index (χ0n) is 14.8. The van der Waals surface area contributed by atoms with Gasteiger partial charge in [0.15, 0.2) is 8.32 Å². The summed E-state index contributed by atoms with van der Waals surface area (Å²) in [6, 6.07) is 2.59. The molecule has 0 heterocycles. The molecule has 3 heteroatoms. The van der Waals surface area contributed by atoms with E-state index in [0.29, 0.717) is 5.92 Å². The van der Waals surface area contributed by atoms with Crippen LogP contribution in [0.15, 0.2) is 11.6 Å². The highest BCUT2D eigenvalue weighted by Gasteiger charge is 2.55. The molecule has 2 rings (SSSR count). The number of fused-ring (bicyclic) bond motifs is 1. The maximum atomic E-state index is 9.62. The van der Waals surface area contributed by atoms with Crippen LogP contribution in [-0.2, 0) is 4.43 Å². The molecule has 0 spiro atoms. The normalized spacial score (nSPS) is 36.9. The largest absolute Gasteiger partial charge is 0.413 e. The van der Waals surface area contributed by atoms with Gasteiger partial charge in [-0.1, -0.05) is 39.3 Å². The zero-order valence-corrected chi connectivity index (χ0v) is 15.8. The lowest BCUT2D eigenvalue weighted by atomic mass is 9.65. The Balaban J connectivity index is 2.31. The molecule has 0 aromatic heterocycles. The smallest absolute Gasteiger partial charge is 0.192 e. The molecule has 1 fully saturated rings. The van der Waals surface area contributed by atoms with Crippen molar-refractivity contribution in [2.45, 2.75) is 78.1 Å². The van der Waals surface area contributed by atoms with E-state index in [1.54, 1.807) is 0 Å². The van der Waals surface area contributed by atoms with E-state index in [1.807, 2.05) is 0 Å². The van der Waals surface area contributed by atoms with Crippen molar-refractivity contribution in [3.05, 3.63) is 11.6 Å². The molecule has 2 nitrogen and oxygen atoms in total. The van der Waals surface area contributed by atoms with Gasteiger partial charge in [0.25, 0.3) is 0 Å². The molecular weight excluding hydrogens is 274 g/mol. The lowest BCUT2D eigenvalue weighted by Gasteiger charge is -2.43. The molecule has 0 amide bonds. The number of rotatable bonds is 2. The summed E-state index contributed by atoms with van der Waals surface area (Å²) in [5, 5.41) is 9.84. The molecule has 0 aliphatic heterocycles. The van der Waals surface area contributed by atoms with Gasteiger partial charge in [0.05, 0.1) is 18.1 Å². The van der Waals surface area contributed by atoms with Gasteiger partial charge in [0, 0.05) is 5.92 Å². The third-order valence-corrected chi connectivity index (χ3v) is 10.9. The van der Waals surface area contributed by atoms with Crippen LogP contribution >= 0.6 is 0 Å². The molecule has 0 aromatic carbocycles. The summed E-state index contributed by atoms with van der Waals surface area (Å²) >= 11 is 0. The second-order valence-electron chi connectivity index (χ2n) is 8.80. The summed E-state index contributed by atoms with van der Waals surface area (Å²) < 4.78 is 6.75. The molecule has 0 saturated heterocycles. The molecule has 21 heavy (non-hydrogen) atoms. The molecule has 0 bridgehead atoms. The highest BCUT2D eigenvalue weighted by molar-refractivity contribution is 6.74. The second-order valence-corrected chi connectivity index (χ2v) is 13.6. The van der Waals surface area contributed by atoms with E-state index in [2.05, 4.69) is 59.9 Å². The fourth-order valence-electron chi connectivity index (χ4n) is 4.03. The molecule has 1 saturated carbocycles. The van der Waals surface area contributed by atoms with Gasteiger partial charge in [-0.2, -0.15) is 5.26 Å². The van der Waals surface area contributed by atoms with Gasteiger partial charge in [-0.25, -0.2) is 0 Å². The van der Waals surface area contributed by atoms with Crippen molar-refractivity contribution in [3.8, 4) is 6.07 Å². The Morgan fingerprint density at radius 1 is 1.38 bits per heavy atom. The number of hydrogen-bond acceptors (Lipinski definition) is 2. The van der Waals surface area contributed by atoms with Crippen LogP contribution < -0.4 is 0 Å². The third-order valence-electron chi connectivity index (χ3n) is 6.39. The first-order valence-corrected chi connectivity index (χ1v) is 11.2. The summed E-state index contributed by atoms with van der Waals surface area (Å²) in [5.41, 5.74) is 1.56. The molecule has 0 N–H and O–H groups in total. The van der Waals surface area contributed by atoms with E-state index in [-0.39, 0.29) is 22.5 Å².